The number of phenols is 2. The summed E-state index contributed by atoms with van der Waals surface area (Å²) in [5.41, 5.74) is 0.0697. The van der Waals surface area contributed by atoms with E-state index in [0.29, 0.717) is 0 Å². The molecule has 0 atom stereocenters. The number of benzene rings is 1. The maximum absolute atomic E-state index is 12.5. The molecule has 0 bridgehead atoms. The molecule has 300 valence electrons. The van der Waals surface area contributed by atoms with Gasteiger partial charge < -0.3 is 33.2 Å². The molecule has 0 unspecified atom stereocenters. The van der Waals surface area contributed by atoms with E-state index in [0.717, 1.165) is 0 Å². The van der Waals surface area contributed by atoms with Crippen LogP contribution >= 0.6 is 23.2 Å². The zero-order valence-electron chi connectivity index (χ0n) is 31.4. The van der Waals surface area contributed by atoms with Crippen LogP contribution in [0.5, 0.6) is 11.5 Å². The largest absolute Gasteiger partial charge is 1.00 e. The number of aromatic hydroxyl groups is 2. The molecule has 2 rings (SSSR count). The fourth-order valence-corrected chi connectivity index (χ4v) is 8.37. The van der Waals surface area contributed by atoms with Gasteiger partial charge in [-0.15, -0.1) is 12.6 Å². The standard InChI is InChI=1S/C14H21O9S3.C8H6Cl2O2.C3H7O3S.4Na.O3S.O2S/c1-4-6-24(17,18)13-9(2)11(15)10(3)14(12(13)16)25(19,20)7-5-8-26(21,22)23;1-3-5(9)8(12)6(10)4(2)7(3)11;1-2-3-7(4,5)6;;;;;1-4(2)3;1-3-2/h15-16H,1,4-8H2,2-3H3,(H,21,22,23);1-2H3;1-3H2,(H,4,5,6);;;;;;/q-1;;-1;4*+1;;/p-2. The van der Waals surface area contributed by atoms with Gasteiger partial charge in [-0.3, -0.25) is 9.59 Å². The topological polar surface area (TPSA) is 343 Å². The molecule has 0 heterocycles. The van der Waals surface area contributed by atoms with Gasteiger partial charge in [-0.25, -0.2) is 33.7 Å². The van der Waals surface area contributed by atoms with Crippen LogP contribution in [0.3, 0.4) is 0 Å². The Labute approximate surface area is 429 Å². The molecule has 1 aliphatic rings. The van der Waals surface area contributed by atoms with Crippen molar-refractivity contribution in [3.8, 4) is 11.5 Å². The Bertz CT molecular complexity index is 2100. The first-order valence-corrected chi connectivity index (χ1v) is 22.2. The van der Waals surface area contributed by atoms with Crippen LogP contribution in [0.4, 0.5) is 0 Å². The van der Waals surface area contributed by atoms with Crippen LogP contribution in [0.25, 0.3) is 0 Å². The van der Waals surface area contributed by atoms with Gasteiger partial charge in [-0.05, 0) is 34.1 Å². The molecule has 0 aliphatic heterocycles. The van der Waals surface area contributed by atoms with E-state index in [1.54, 1.807) is 0 Å². The van der Waals surface area contributed by atoms with E-state index >= 15 is 0 Å². The van der Waals surface area contributed by atoms with Crippen molar-refractivity contribution in [1.29, 1.82) is 0 Å². The molecule has 31 heteroatoms. The first kappa shape index (κ1) is 71.9. The summed E-state index contributed by atoms with van der Waals surface area (Å²) < 4.78 is 152. The predicted octanol–water partition coefficient (Wildman–Crippen LogP) is -11.3. The van der Waals surface area contributed by atoms with Gasteiger partial charge in [0.2, 0.25) is 5.78 Å². The van der Waals surface area contributed by atoms with Gasteiger partial charge in [-0.1, -0.05) is 23.2 Å². The van der Waals surface area contributed by atoms with E-state index in [4.69, 9.17) is 44.2 Å². The smallest absolute Gasteiger partial charge is 0.748 e. The Morgan fingerprint density at radius 2 is 0.893 bits per heavy atom. The Hall–Kier alpha value is 1.38. The van der Waals surface area contributed by atoms with Crippen molar-refractivity contribution < 1.29 is 202 Å². The number of carbonyl (C=O) groups excluding carboxylic acids is 2. The van der Waals surface area contributed by atoms with Crippen LogP contribution in [0, 0.1) is 27.7 Å². The molecule has 0 radical (unpaired) electrons. The molecular formula is C25H32Cl2Na4O19S6. The molecule has 1 aromatic carbocycles. The van der Waals surface area contributed by atoms with Crippen molar-refractivity contribution >= 4 is 96.9 Å². The molecule has 0 aromatic heterocycles. The van der Waals surface area contributed by atoms with Crippen molar-refractivity contribution in [2.24, 2.45) is 0 Å². The first-order valence-electron chi connectivity index (χ1n) is 13.3. The molecular weight excluding hydrogens is 960 g/mol. The minimum Gasteiger partial charge on any atom is -0.748 e. The van der Waals surface area contributed by atoms with Gasteiger partial charge >= 0.3 is 140 Å². The third-order valence-corrected chi connectivity index (χ3v) is 12.2. The first-order chi connectivity index (χ1) is 23.3. The minimum atomic E-state index is -4.63. The zero-order valence-corrected chi connectivity index (χ0v) is 45.8. The van der Waals surface area contributed by atoms with Gasteiger partial charge in [0.05, 0.1) is 36.1 Å². The predicted molar refractivity (Wildman–Crippen MR) is 183 cm³/mol. The molecule has 0 fully saturated rings. The number of allylic oxidation sites excluding steroid dienone is 4. The van der Waals surface area contributed by atoms with Crippen LogP contribution < -0.4 is 118 Å². The van der Waals surface area contributed by atoms with E-state index in [-0.39, 0.29) is 175 Å². The second kappa shape index (κ2) is 33.0. The van der Waals surface area contributed by atoms with Gasteiger partial charge in [0.15, 0.2) is 31.2 Å². The van der Waals surface area contributed by atoms with Crippen LogP contribution in [0.1, 0.15) is 44.2 Å². The Morgan fingerprint density at radius 1 is 0.607 bits per heavy atom. The SMILES string of the molecule is CC1=C(Cl)C(=O)C(Cl)=C(C)C1=O.O=S(=O)=O.O=S=O.[CH2-]CCS(=O)(=O)[O-].[CH2-]CCS(=O)(=O)c1c(C)c(O)c(C)c(S(=O)(=O)CCCS(=O)(=O)[O-])c1O.[Na+].[Na+].[Na+].[Na+]. The van der Waals surface area contributed by atoms with Crippen molar-refractivity contribution in [3.05, 3.63) is 46.2 Å². The number of ketones is 2. The van der Waals surface area contributed by atoms with Crippen LogP contribution in [0.15, 0.2) is 31.0 Å². The molecule has 0 saturated carbocycles. The van der Waals surface area contributed by atoms with E-state index in [2.05, 4.69) is 13.8 Å². The molecule has 19 nitrogen and oxygen atoms in total. The number of carbonyl (C=O) groups is 2. The van der Waals surface area contributed by atoms with E-state index in [9.17, 15) is 62.6 Å². The number of Topliss-reactive ketones (excluding diaryl/α,β-unsaturated/α-hetero) is 2. The maximum atomic E-state index is 12.5. The summed E-state index contributed by atoms with van der Waals surface area (Å²) in [6, 6.07) is 0. The third kappa shape index (κ3) is 27.4. The number of phenolic OH excluding ortho intramolecular Hbond substituents is 2. The number of sulfone groups is 2. The van der Waals surface area contributed by atoms with Gasteiger partial charge in [0.1, 0.15) is 15.5 Å². The molecule has 56 heavy (non-hydrogen) atoms. The average Bonchev–Trinajstić information content (AvgIpc) is 2.96. The van der Waals surface area contributed by atoms with Gasteiger partial charge in [0.25, 0.3) is 0 Å². The second-order valence-electron chi connectivity index (χ2n) is 9.64. The summed E-state index contributed by atoms with van der Waals surface area (Å²) in [7, 11) is -20.2. The number of halogens is 2. The fraction of sp³-hybridized carbons (Fsp3) is 0.440. The van der Waals surface area contributed by atoms with Crippen molar-refractivity contribution in [1.82, 2.24) is 0 Å². The molecule has 1 aliphatic carbocycles. The fourth-order valence-electron chi connectivity index (χ4n) is 3.63. The third-order valence-electron chi connectivity index (χ3n) is 5.80. The Morgan fingerprint density at radius 3 is 1.14 bits per heavy atom. The number of hydrogen-bond acceptors (Lipinski definition) is 19. The van der Waals surface area contributed by atoms with Crippen molar-refractivity contribution in [2.75, 3.05) is 23.0 Å². The molecule has 1 aromatic rings. The second-order valence-corrected chi connectivity index (χ2v) is 18.1. The summed E-state index contributed by atoms with van der Waals surface area (Å²) in [4.78, 5) is 20.9. The van der Waals surface area contributed by atoms with Crippen molar-refractivity contribution in [3.63, 3.8) is 0 Å². The summed E-state index contributed by atoms with van der Waals surface area (Å²) >= 11 is 10.4. The Balaban J connectivity index is -0.000000133. The summed E-state index contributed by atoms with van der Waals surface area (Å²) in [6.07, 6.45) is -0.423. The van der Waals surface area contributed by atoms with E-state index in [1.165, 1.54) is 27.7 Å². The maximum Gasteiger partial charge on any atom is 1.00 e. The summed E-state index contributed by atoms with van der Waals surface area (Å²) in [5, 5.41) is 20.4. The summed E-state index contributed by atoms with van der Waals surface area (Å²) in [6.45, 7) is 12.0. The van der Waals surface area contributed by atoms with Crippen LogP contribution in [-0.4, -0.2) is 109 Å². The van der Waals surface area contributed by atoms with Crippen LogP contribution in [0.2, 0.25) is 0 Å². The summed E-state index contributed by atoms with van der Waals surface area (Å²) in [5.74, 6) is -4.95. The van der Waals surface area contributed by atoms with Gasteiger partial charge in [0, 0.05) is 39.5 Å². The normalized spacial score (nSPS) is 12.3. The molecule has 0 amide bonds. The van der Waals surface area contributed by atoms with Gasteiger partial charge in [-0.2, -0.15) is 21.3 Å². The Kier molecular flexibility index (Phi) is 42.4. The molecule has 0 spiro atoms. The van der Waals surface area contributed by atoms with E-state index in [1.807, 2.05) is 0 Å². The van der Waals surface area contributed by atoms with Crippen molar-refractivity contribution in [2.45, 2.75) is 56.7 Å². The minimum absolute atomic E-state index is 0. The number of rotatable bonds is 10. The number of hydrogen-bond donors (Lipinski definition) is 2. The monoisotopic (exact) mass is 990 g/mol. The quantitative estimate of drug-likeness (QED) is 0.0723. The average molecular weight is 992 g/mol. The molecule has 2 N–H and O–H groups in total. The van der Waals surface area contributed by atoms with Crippen LogP contribution in [-0.2, 0) is 71.7 Å². The molecule has 0 saturated heterocycles. The van der Waals surface area contributed by atoms with E-state index < -0.39 is 113 Å². The zero-order chi connectivity index (χ0) is 42.2.